The largest absolute Gasteiger partial charge is 0.545 e. The summed E-state index contributed by atoms with van der Waals surface area (Å²) >= 11 is 3.21. The van der Waals surface area contributed by atoms with Crippen LogP contribution in [0.2, 0.25) is 0 Å². The first kappa shape index (κ1) is 13.3. The fourth-order valence-corrected chi connectivity index (χ4v) is 2.12. The Balaban J connectivity index is 2.29. The maximum absolute atomic E-state index is 12.0. The molecule has 1 heterocycles. The van der Waals surface area contributed by atoms with Crippen molar-refractivity contribution < 1.29 is 14.7 Å². The second-order valence-corrected chi connectivity index (χ2v) is 4.64. The van der Waals surface area contributed by atoms with Gasteiger partial charge in [-0.1, -0.05) is 18.2 Å². The fourth-order valence-electron chi connectivity index (χ4n) is 1.57. The molecule has 0 aliphatic heterocycles. The van der Waals surface area contributed by atoms with Crippen LogP contribution < -0.4 is 10.4 Å². The molecule has 2 rings (SSSR count). The van der Waals surface area contributed by atoms with Gasteiger partial charge in [-0.3, -0.25) is 9.48 Å². The van der Waals surface area contributed by atoms with Gasteiger partial charge in [-0.05, 0) is 22.0 Å². The highest BCUT2D eigenvalue weighted by Gasteiger charge is 2.15. The van der Waals surface area contributed by atoms with Gasteiger partial charge >= 0.3 is 0 Å². The molecule has 0 atom stereocenters. The molecule has 0 unspecified atom stereocenters. The average molecular weight is 323 g/mol. The molecule has 1 aromatic heterocycles. The van der Waals surface area contributed by atoms with E-state index in [4.69, 9.17) is 0 Å². The molecule has 0 spiro atoms. The molecule has 1 N–H and O–H groups in total. The maximum Gasteiger partial charge on any atom is 0.277 e. The number of para-hydroxylation sites is 1. The van der Waals surface area contributed by atoms with Crippen LogP contribution in [0.3, 0.4) is 0 Å². The predicted octanol–water partition coefficient (Wildman–Crippen LogP) is 0.798. The van der Waals surface area contributed by atoms with E-state index in [2.05, 4.69) is 26.3 Å². The number of halogens is 1. The number of rotatable bonds is 3. The summed E-state index contributed by atoms with van der Waals surface area (Å²) in [5, 5.41) is 17.4. The molecule has 6 nitrogen and oxygen atoms in total. The first-order chi connectivity index (χ1) is 8.99. The van der Waals surface area contributed by atoms with Gasteiger partial charge in [-0.15, -0.1) is 0 Å². The molecule has 0 bridgehead atoms. The highest BCUT2D eigenvalue weighted by atomic mass is 79.9. The van der Waals surface area contributed by atoms with Crippen LogP contribution in [0.15, 0.2) is 34.9 Å². The molecule has 1 aromatic carbocycles. The molecule has 0 fully saturated rings. The van der Waals surface area contributed by atoms with E-state index in [0.717, 1.165) is 0 Å². The summed E-state index contributed by atoms with van der Waals surface area (Å²) in [6.45, 7) is 0. The van der Waals surface area contributed by atoms with Crippen LogP contribution in [-0.4, -0.2) is 21.7 Å². The van der Waals surface area contributed by atoms with Gasteiger partial charge in [0.1, 0.15) is 0 Å². The third-order valence-corrected chi connectivity index (χ3v) is 2.97. The van der Waals surface area contributed by atoms with Crippen molar-refractivity contribution in [2.45, 2.75) is 0 Å². The van der Waals surface area contributed by atoms with Gasteiger partial charge in [0.2, 0.25) is 0 Å². The lowest BCUT2D eigenvalue weighted by Crippen LogP contribution is -2.25. The minimum absolute atomic E-state index is 0.0806. The number of hydrogen-bond acceptors (Lipinski definition) is 4. The lowest BCUT2D eigenvalue weighted by Gasteiger charge is -2.10. The third-order valence-electron chi connectivity index (χ3n) is 2.39. The second kappa shape index (κ2) is 5.23. The molecule has 98 valence electrons. The van der Waals surface area contributed by atoms with E-state index < -0.39 is 11.9 Å². The van der Waals surface area contributed by atoms with Crippen LogP contribution in [-0.2, 0) is 7.05 Å². The number of carboxylic acid groups (broad SMARTS) is 1. The van der Waals surface area contributed by atoms with Crippen LogP contribution in [0.1, 0.15) is 20.8 Å². The Morgan fingerprint density at radius 3 is 2.63 bits per heavy atom. The normalized spacial score (nSPS) is 10.2. The number of carboxylic acids is 1. The number of amides is 1. The first-order valence-corrected chi connectivity index (χ1v) is 6.09. The smallest absolute Gasteiger partial charge is 0.277 e. The first-order valence-electron chi connectivity index (χ1n) is 5.30. The van der Waals surface area contributed by atoms with Crippen molar-refractivity contribution in [3.05, 3.63) is 46.2 Å². The van der Waals surface area contributed by atoms with Gasteiger partial charge < -0.3 is 15.2 Å². The van der Waals surface area contributed by atoms with E-state index in [1.165, 1.54) is 16.8 Å². The minimum Gasteiger partial charge on any atom is -0.545 e. The van der Waals surface area contributed by atoms with Gasteiger partial charge in [-0.25, -0.2) is 0 Å². The highest BCUT2D eigenvalue weighted by Crippen LogP contribution is 2.18. The van der Waals surface area contributed by atoms with Crippen LogP contribution in [0, 0.1) is 0 Å². The molecular formula is C12H9BrN3O3-. The molecule has 2 aromatic rings. The topological polar surface area (TPSA) is 87.0 Å². The van der Waals surface area contributed by atoms with E-state index in [-0.39, 0.29) is 16.9 Å². The Kier molecular flexibility index (Phi) is 3.66. The Labute approximate surface area is 117 Å². The summed E-state index contributed by atoms with van der Waals surface area (Å²) in [4.78, 5) is 22.9. The van der Waals surface area contributed by atoms with Gasteiger partial charge in [-0.2, -0.15) is 5.10 Å². The number of anilines is 1. The van der Waals surface area contributed by atoms with Crippen molar-refractivity contribution in [2.75, 3.05) is 5.32 Å². The number of carbonyl (C=O) groups is 2. The lowest BCUT2D eigenvalue weighted by molar-refractivity contribution is -0.254. The average Bonchev–Trinajstić information content (AvgIpc) is 2.69. The summed E-state index contributed by atoms with van der Waals surface area (Å²) in [7, 11) is 1.68. The van der Waals surface area contributed by atoms with Crippen LogP contribution in [0.4, 0.5) is 5.69 Å². The van der Waals surface area contributed by atoms with Gasteiger partial charge in [0, 0.05) is 18.8 Å². The molecule has 0 radical (unpaired) electrons. The van der Waals surface area contributed by atoms with Crippen molar-refractivity contribution in [1.82, 2.24) is 9.78 Å². The number of carbonyl (C=O) groups excluding carboxylic acids is 2. The van der Waals surface area contributed by atoms with Crippen LogP contribution in [0.5, 0.6) is 0 Å². The maximum atomic E-state index is 12.0. The number of benzene rings is 1. The molecular weight excluding hydrogens is 314 g/mol. The minimum atomic E-state index is -1.35. The Morgan fingerprint density at radius 2 is 2.05 bits per heavy atom. The highest BCUT2D eigenvalue weighted by molar-refractivity contribution is 9.10. The number of aryl methyl sites for hydroxylation is 1. The van der Waals surface area contributed by atoms with E-state index in [1.807, 2.05) is 0 Å². The molecule has 1 amide bonds. The van der Waals surface area contributed by atoms with Crippen molar-refractivity contribution in [2.24, 2.45) is 7.05 Å². The SMILES string of the molecule is Cn1cc(Br)c(C(=O)Nc2ccccc2C(=O)[O-])n1. The number of nitrogens with one attached hydrogen (secondary N) is 1. The number of aromatic carboxylic acids is 1. The van der Waals surface area contributed by atoms with E-state index >= 15 is 0 Å². The molecule has 0 aliphatic carbocycles. The zero-order valence-electron chi connectivity index (χ0n) is 9.88. The fraction of sp³-hybridized carbons (Fsp3) is 0.0833. The second-order valence-electron chi connectivity index (χ2n) is 3.79. The quantitative estimate of drug-likeness (QED) is 0.905. The summed E-state index contributed by atoms with van der Waals surface area (Å²) in [5.74, 6) is -1.85. The van der Waals surface area contributed by atoms with Crippen LogP contribution in [0.25, 0.3) is 0 Å². The van der Waals surface area contributed by atoms with Crippen molar-refractivity contribution >= 4 is 33.5 Å². The standard InChI is InChI=1S/C12H10BrN3O3/c1-16-6-8(13)10(15-16)11(17)14-9-5-3-2-4-7(9)12(18)19/h2-6H,1H3,(H,14,17)(H,18,19)/p-1. The zero-order chi connectivity index (χ0) is 14.0. The van der Waals surface area contributed by atoms with Gasteiger partial charge in [0.15, 0.2) is 5.69 Å². The molecule has 0 saturated heterocycles. The molecule has 0 aliphatic rings. The van der Waals surface area contributed by atoms with E-state index in [1.54, 1.807) is 25.4 Å². The van der Waals surface area contributed by atoms with E-state index in [0.29, 0.717) is 4.47 Å². The number of aromatic nitrogens is 2. The molecule has 7 heteroatoms. The third kappa shape index (κ3) is 2.82. The summed E-state index contributed by atoms with van der Waals surface area (Å²) in [5.41, 5.74) is 0.267. The molecule has 19 heavy (non-hydrogen) atoms. The Bertz CT molecular complexity index is 651. The molecule has 0 saturated carbocycles. The van der Waals surface area contributed by atoms with Gasteiger partial charge in [0.05, 0.1) is 16.1 Å². The Hall–Kier alpha value is -2.15. The lowest BCUT2D eigenvalue weighted by atomic mass is 10.2. The zero-order valence-corrected chi connectivity index (χ0v) is 11.5. The Morgan fingerprint density at radius 1 is 1.37 bits per heavy atom. The summed E-state index contributed by atoms with van der Waals surface area (Å²) in [6.07, 6.45) is 1.62. The van der Waals surface area contributed by atoms with E-state index in [9.17, 15) is 14.7 Å². The summed E-state index contributed by atoms with van der Waals surface area (Å²) < 4.78 is 2.00. The van der Waals surface area contributed by atoms with Crippen molar-refractivity contribution in [3.8, 4) is 0 Å². The van der Waals surface area contributed by atoms with Crippen molar-refractivity contribution in [3.63, 3.8) is 0 Å². The van der Waals surface area contributed by atoms with Gasteiger partial charge in [0.25, 0.3) is 5.91 Å². The summed E-state index contributed by atoms with van der Waals surface area (Å²) in [6, 6.07) is 6.02. The number of nitrogens with zero attached hydrogens (tertiary/aromatic N) is 2. The monoisotopic (exact) mass is 322 g/mol. The van der Waals surface area contributed by atoms with Crippen molar-refractivity contribution in [1.29, 1.82) is 0 Å². The van der Waals surface area contributed by atoms with Crippen LogP contribution >= 0.6 is 15.9 Å². The predicted molar refractivity (Wildman–Crippen MR) is 69.6 cm³/mol. The number of hydrogen-bond donors (Lipinski definition) is 1.